The van der Waals surface area contributed by atoms with Crippen molar-refractivity contribution in [1.29, 1.82) is 0 Å². The number of carbonyl (C=O) groups excluding carboxylic acids is 1. The van der Waals surface area contributed by atoms with Gasteiger partial charge in [0.15, 0.2) is 0 Å². The number of hydrogen-bond acceptors (Lipinski definition) is 4. The van der Waals surface area contributed by atoms with Gasteiger partial charge in [0.1, 0.15) is 11.1 Å². The normalized spacial score (nSPS) is 18.1. The Hall–Kier alpha value is -0.920. The average molecular weight is 390 g/mol. The van der Waals surface area contributed by atoms with E-state index < -0.39 is 27.1 Å². The number of nitrogens with zero attached hydrogens (tertiary/aromatic N) is 1. The van der Waals surface area contributed by atoms with Gasteiger partial charge in [0.05, 0.1) is 4.90 Å². The van der Waals surface area contributed by atoms with Crippen LogP contribution in [0, 0.1) is 0 Å². The van der Waals surface area contributed by atoms with E-state index >= 15 is 0 Å². The van der Waals surface area contributed by atoms with E-state index in [4.69, 9.17) is 4.74 Å². The lowest BCUT2D eigenvalue weighted by molar-refractivity contribution is -0.165. The number of rotatable bonds is 2. The first-order valence-electron chi connectivity index (χ1n) is 6.90. The van der Waals surface area contributed by atoms with Crippen molar-refractivity contribution in [3.8, 4) is 0 Å². The maximum Gasteiger partial charge on any atom is 0.327 e. The molecule has 2 rings (SSSR count). The van der Waals surface area contributed by atoms with Crippen molar-refractivity contribution in [1.82, 2.24) is 4.31 Å². The summed E-state index contributed by atoms with van der Waals surface area (Å²) >= 11 is 3.34. The minimum atomic E-state index is -3.71. The molecule has 0 amide bonds. The van der Waals surface area contributed by atoms with Crippen LogP contribution in [0.4, 0.5) is 0 Å². The number of hydrogen-bond donors (Lipinski definition) is 0. The van der Waals surface area contributed by atoms with Crippen LogP contribution >= 0.6 is 15.9 Å². The number of carbonyl (C=O) groups is 1. The van der Waals surface area contributed by atoms with E-state index in [1.54, 1.807) is 52.8 Å². The Labute approximate surface area is 139 Å². The van der Waals surface area contributed by atoms with E-state index in [0.717, 1.165) is 4.47 Å². The Kier molecular flexibility index (Phi) is 4.21. The van der Waals surface area contributed by atoms with Crippen molar-refractivity contribution < 1.29 is 17.9 Å². The SMILES string of the molecule is CC(C)(C)OC(=O)C(C)(C)N1Cc2cc(Br)ccc2S1(=O)=O. The second-order valence-corrected chi connectivity index (χ2v) is 9.57. The molecule has 1 aliphatic heterocycles. The van der Waals surface area contributed by atoms with Gasteiger partial charge in [0.25, 0.3) is 0 Å². The molecule has 0 saturated heterocycles. The van der Waals surface area contributed by atoms with Crippen LogP contribution in [0.15, 0.2) is 27.6 Å². The van der Waals surface area contributed by atoms with Gasteiger partial charge in [-0.25, -0.2) is 8.42 Å². The molecule has 122 valence electrons. The van der Waals surface area contributed by atoms with Gasteiger partial charge in [0, 0.05) is 11.0 Å². The highest BCUT2D eigenvalue weighted by Crippen LogP contribution is 2.37. The standard InChI is InChI=1S/C15H20BrNO4S/c1-14(2,3)21-13(18)15(4,5)17-9-10-8-11(16)6-7-12(10)22(17,19)20/h6-8H,9H2,1-5H3. The van der Waals surface area contributed by atoms with Gasteiger partial charge < -0.3 is 4.74 Å². The molecule has 5 nitrogen and oxygen atoms in total. The molecule has 0 unspecified atom stereocenters. The number of ether oxygens (including phenoxy) is 1. The summed E-state index contributed by atoms with van der Waals surface area (Å²) in [7, 11) is -3.71. The van der Waals surface area contributed by atoms with E-state index in [2.05, 4.69) is 15.9 Å². The summed E-state index contributed by atoms with van der Waals surface area (Å²) in [5.74, 6) is -0.560. The quantitative estimate of drug-likeness (QED) is 0.729. The molecule has 1 heterocycles. The van der Waals surface area contributed by atoms with Gasteiger partial charge in [-0.05, 0) is 58.4 Å². The van der Waals surface area contributed by atoms with Crippen molar-refractivity contribution in [3.05, 3.63) is 28.2 Å². The summed E-state index contributed by atoms with van der Waals surface area (Å²) in [6.45, 7) is 8.56. The second kappa shape index (κ2) is 5.32. The van der Waals surface area contributed by atoms with Crippen LogP contribution in [0.1, 0.15) is 40.2 Å². The number of benzene rings is 1. The fourth-order valence-corrected chi connectivity index (χ4v) is 4.61. The minimum absolute atomic E-state index is 0.156. The van der Waals surface area contributed by atoms with Gasteiger partial charge >= 0.3 is 5.97 Å². The molecule has 0 aromatic heterocycles. The zero-order chi connectivity index (χ0) is 16.9. The van der Waals surface area contributed by atoms with Crippen LogP contribution < -0.4 is 0 Å². The van der Waals surface area contributed by atoms with Crippen molar-refractivity contribution in [2.75, 3.05) is 0 Å². The summed E-state index contributed by atoms with van der Waals surface area (Å²) in [5.41, 5.74) is -1.28. The monoisotopic (exact) mass is 389 g/mol. The Morgan fingerprint density at radius 1 is 1.23 bits per heavy atom. The summed E-state index contributed by atoms with van der Waals surface area (Å²) < 4.78 is 32.8. The van der Waals surface area contributed by atoms with Gasteiger partial charge in [-0.2, -0.15) is 4.31 Å². The Bertz CT molecular complexity index is 720. The van der Waals surface area contributed by atoms with E-state index in [-0.39, 0.29) is 11.4 Å². The number of esters is 1. The van der Waals surface area contributed by atoms with Gasteiger partial charge in [-0.3, -0.25) is 4.79 Å². The number of fused-ring (bicyclic) bond motifs is 1. The van der Waals surface area contributed by atoms with Crippen LogP contribution in [0.25, 0.3) is 0 Å². The molecule has 0 saturated carbocycles. The Balaban J connectivity index is 2.40. The zero-order valence-corrected chi connectivity index (χ0v) is 15.7. The molecule has 7 heteroatoms. The molecule has 0 atom stereocenters. The third kappa shape index (κ3) is 3.07. The summed E-state index contributed by atoms with van der Waals surface area (Å²) in [6, 6.07) is 5.00. The molecular weight excluding hydrogens is 370 g/mol. The van der Waals surface area contributed by atoms with Crippen LogP contribution in [0.5, 0.6) is 0 Å². The summed E-state index contributed by atoms with van der Waals surface area (Å²) in [5, 5.41) is 0. The van der Waals surface area contributed by atoms with Crippen molar-refractivity contribution >= 4 is 31.9 Å². The number of halogens is 1. The summed E-state index contributed by atoms with van der Waals surface area (Å²) in [6.07, 6.45) is 0. The van der Waals surface area contributed by atoms with E-state index in [9.17, 15) is 13.2 Å². The van der Waals surface area contributed by atoms with Crippen LogP contribution in [0.2, 0.25) is 0 Å². The maximum atomic E-state index is 12.7. The summed E-state index contributed by atoms with van der Waals surface area (Å²) in [4.78, 5) is 12.7. The molecule has 1 aromatic carbocycles. The highest BCUT2D eigenvalue weighted by molar-refractivity contribution is 9.10. The highest BCUT2D eigenvalue weighted by atomic mass is 79.9. The fraction of sp³-hybridized carbons (Fsp3) is 0.533. The highest BCUT2D eigenvalue weighted by Gasteiger charge is 2.49. The van der Waals surface area contributed by atoms with Crippen LogP contribution in [-0.2, 0) is 26.1 Å². The molecule has 0 N–H and O–H groups in total. The first-order valence-corrected chi connectivity index (χ1v) is 9.14. The molecular formula is C15H20BrNO4S. The predicted octanol–water partition coefficient (Wildman–Crippen LogP) is 3.07. The van der Waals surface area contributed by atoms with Gasteiger partial charge in [-0.15, -0.1) is 0 Å². The fourth-order valence-electron chi connectivity index (χ4n) is 2.28. The third-order valence-corrected chi connectivity index (χ3v) is 6.04. The smallest absolute Gasteiger partial charge is 0.327 e. The first kappa shape index (κ1) is 17.4. The minimum Gasteiger partial charge on any atom is -0.459 e. The average Bonchev–Trinajstić information content (AvgIpc) is 2.58. The lowest BCUT2D eigenvalue weighted by Crippen LogP contribution is -2.52. The molecule has 0 fully saturated rings. The molecule has 0 radical (unpaired) electrons. The second-order valence-electron chi connectivity index (χ2n) is 6.82. The predicted molar refractivity (Wildman–Crippen MR) is 86.8 cm³/mol. The van der Waals surface area contributed by atoms with Crippen LogP contribution in [0.3, 0.4) is 0 Å². The van der Waals surface area contributed by atoms with Crippen molar-refractivity contribution in [2.45, 2.75) is 57.2 Å². The van der Waals surface area contributed by atoms with Crippen molar-refractivity contribution in [2.24, 2.45) is 0 Å². The molecule has 1 aliphatic rings. The Morgan fingerprint density at radius 3 is 2.36 bits per heavy atom. The molecule has 22 heavy (non-hydrogen) atoms. The van der Waals surface area contributed by atoms with Gasteiger partial charge in [0.2, 0.25) is 10.0 Å². The zero-order valence-electron chi connectivity index (χ0n) is 13.3. The maximum absolute atomic E-state index is 12.7. The topological polar surface area (TPSA) is 63.7 Å². The van der Waals surface area contributed by atoms with E-state index in [1.807, 2.05) is 0 Å². The molecule has 0 spiro atoms. The molecule has 0 bridgehead atoms. The van der Waals surface area contributed by atoms with Crippen LogP contribution in [-0.4, -0.2) is 29.8 Å². The Morgan fingerprint density at radius 2 is 1.82 bits per heavy atom. The third-order valence-electron chi connectivity index (χ3n) is 3.43. The van der Waals surface area contributed by atoms with E-state index in [1.165, 1.54) is 4.31 Å². The molecule has 0 aliphatic carbocycles. The van der Waals surface area contributed by atoms with E-state index in [0.29, 0.717) is 5.56 Å². The lowest BCUT2D eigenvalue weighted by atomic mass is 10.0. The lowest BCUT2D eigenvalue weighted by Gasteiger charge is -2.34. The number of sulfonamides is 1. The molecule has 1 aromatic rings. The van der Waals surface area contributed by atoms with Gasteiger partial charge in [-0.1, -0.05) is 15.9 Å². The van der Waals surface area contributed by atoms with Crippen molar-refractivity contribution in [3.63, 3.8) is 0 Å². The first-order chi connectivity index (χ1) is 9.85. The largest absolute Gasteiger partial charge is 0.459 e.